The Bertz CT molecular complexity index is 396. The molecule has 0 saturated carbocycles. The number of ether oxygens (including phenoxy) is 1. The van der Waals surface area contributed by atoms with E-state index >= 15 is 0 Å². The lowest BCUT2D eigenvalue weighted by Gasteiger charge is -2.38. The molecule has 0 aromatic carbocycles. The fourth-order valence-electron chi connectivity index (χ4n) is 2.45. The molecule has 2 amide bonds. The van der Waals surface area contributed by atoms with Crippen LogP contribution >= 0.6 is 0 Å². The summed E-state index contributed by atoms with van der Waals surface area (Å²) in [5.41, 5.74) is 5.43. The van der Waals surface area contributed by atoms with E-state index in [1.165, 1.54) is 0 Å². The summed E-state index contributed by atoms with van der Waals surface area (Å²) < 4.78 is 5.38. The molecule has 1 aliphatic rings. The Morgan fingerprint density at radius 3 is 2.14 bits per heavy atom. The predicted molar refractivity (Wildman–Crippen MR) is 86.4 cm³/mol. The van der Waals surface area contributed by atoms with Crippen molar-refractivity contribution in [2.75, 3.05) is 20.1 Å². The smallest absolute Gasteiger partial charge is 0.410 e. The van der Waals surface area contributed by atoms with Crippen molar-refractivity contribution in [3.05, 3.63) is 0 Å². The molecule has 1 atom stereocenters. The second-order valence-corrected chi connectivity index (χ2v) is 7.42. The van der Waals surface area contributed by atoms with Crippen molar-refractivity contribution in [2.45, 2.75) is 65.1 Å². The summed E-state index contributed by atoms with van der Waals surface area (Å²) >= 11 is 0. The van der Waals surface area contributed by atoms with E-state index in [-0.39, 0.29) is 24.0 Å². The van der Waals surface area contributed by atoms with Crippen molar-refractivity contribution in [2.24, 2.45) is 11.7 Å². The third-order valence-electron chi connectivity index (χ3n) is 4.01. The maximum atomic E-state index is 12.2. The Kier molecular flexibility index (Phi) is 6.23. The summed E-state index contributed by atoms with van der Waals surface area (Å²) in [6.07, 6.45) is 1.20. The average Bonchev–Trinajstić information content (AvgIpc) is 2.43. The molecule has 0 aliphatic carbocycles. The van der Waals surface area contributed by atoms with Crippen LogP contribution in [0.2, 0.25) is 0 Å². The largest absolute Gasteiger partial charge is 0.444 e. The van der Waals surface area contributed by atoms with E-state index in [1.54, 1.807) is 11.9 Å². The van der Waals surface area contributed by atoms with Crippen molar-refractivity contribution in [3.8, 4) is 0 Å². The van der Waals surface area contributed by atoms with Crippen LogP contribution in [0.5, 0.6) is 0 Å². The molecule has 1 fully saturated rings. The number of carbonyl (C=O) groups is 2. The van der Waals surface area contributed by atoms with Crippen LogP contribution in [-0.4, -0.2) is 59.6 Å². The number of hydrogen-bond acceptors (Lipinski definition) is 4. The average molecular weight is 313 g/mol. The minimum atomic E-state index is -0.494. The van der Waals surface area contributed by atoms with Gasteiger partial charge in [-0.1, -0.05) is 13.8 Å². The van der Waals surface area contributed by atoms with Gasteiger partial charge >= 0.3 is 6.09 Å². The van der Waals surface area contributed by atoms with E-state index < -0.39 is 11.6 Å². The van der Waals surface area contributed by atoms with E-state index in [0.29, 0.717) is 13.1 Å². The van der Waals surface area contributed by atoms with Gasteiger partial charge in [0.25, 0.3) is 0 Å². The number of amides is 2. The van der Waals surface area contributed by atoms with Crippen molar-refractivity contribution < 1.29 is 14.3 Å². The molecule has 0 radical (unpaired) electrons. The summed E-state index contributed by atoms with van der Waals surface area (Å²) in [4.78, 5) is 27.8. The Labute approximate surface area is 134 Å². The number of hydrogen-bond donors (Lipinski definition) is 1. The van der Waals surface area contributed by atoms with Crippen LogP contribution in [0, 0.1) is 5.92 Å². The highest BCUT2D eigenvalue weighted by molar-refractivity contribution is 5.82. The quantitative estimate of drug-likeness (QED) is 0.862. The summed E-state index contributed by atoms with van der Waals surface area (Å²) in [6.45, 7) is 10.7. The third kappa shape index (κ3) is 5.16. The predicted octanol–water partition coefficient (Wildman–Crippen LogP) is 1.83. The summed E-state index contributed by atoms with van der Waals surface area (Å²) in [6, 6.07) is -0.339. The van der Waals surface area contributed by atoms with E-state index in [9.17, 15) is 9.59 Å². The van der Waals surface area contributed by atoms with Crippen LogP contribution in [0.1, 0.15) is 47.5 Å². The minimum Gasteiger partial charge on any atom is -0.444 e. The van der Waals surface area contributed by atoms with E-state index in [4.69, 9.17) is 10.5 Å². The van der Waals surface area contributed by atoms with E-state index in [0.717, 1.165) is 12.8 Å². The van der Waals surface area contributed by atoms with Crippen LogP contribution in [0.25, 0.3) is 0 Å². The van der Waals surface area contributed by atoms with Gasteiger partial charge in [0.05, 0.1) is 6.04 Å². The molecule has 0 unspecified atom stereocenters. The van der Waals surface area contributed by atoms with Gasteiger partial charge in [0, 0.05) is 26.2 Å². The number of carbonyl (C=O) groups excluding carboxylic acids is 2. The van der Waals surface area contributed by atoms with Gasteiger partial charge in [-0.05, 0) is 39.5 Å². The van der Waals surface area contributed by atoms with Crippen LogP contribution < -0.4 is 5.73 Å². The number of nitrogens with zero attached hydrogens (tertiary/aromatic N) is 2. The maximum Gasteiger partial charge on any atom is 0.410 e. The van der Waals surface area contributed by atoms with Crippen LogP contribution in [0.4, 0.5) is 4.79 Å². The topological polar surface area (TPSA) is 75.9 Å². The van der Waals surface area contributed by atoms with Crippen LogP contribution in [-0.2, 0) is 9.53 Å². The van der Waals surface area contributed by atoms with Gasteiger partial charge in [0.2, 0.25) is 5.91 Å². The highest BCUT2D eigenvalue weighted by Crippen LogP contribution is 2.19. The third-order valence-corrected chi connectivity index (χ3v) is 4.01. The molecule has 0 aromatic heterocycles. The lowest BCUT2D eigenvalue weighted by atomic mass is 10.00. The normalized spacial score (nSPS) is 18.3. The minimum absolute atomic E-state index is 0.00775. The standard InChI is InChI=1S/C16H31N3O3/c1-11(2)13(17)14(20)19-9-7-12(8-10-19)18(6)15(21)22-16(3,4)5/h11-13H,7-10,17H2,1-6H3/t13-/m0/s1. The number of piperidine rings is 1. The first-order chi connectivity index (χ1) is 10.0. The zero-order valence-corrected chi connectivity index (χ0v) is 14.8. The molecule has 1 rings (SSSR count). The second-order valence-electron chi connectivity index (χ2n) is 7.42. The molecule has 6 nitrogen and oxygen atoms in total. The maximum absolute atomic E-state index is 12.2. The molecule has 2 N–H and O–H groups in total. The molecule has 0 bridgehead atoms. The Morgan fingerprint density at radius 2 is 1.73 bits per heavy atom. The van der Waals surface area contributed by atoms with Gasteiger partial charge in [-0.25, -0.2) is 4.79 Å². The highest BCUT2D eigenvalue weighted by atomic mass is 16.6. The van der Waals surface area contributed by atoms with Gasteiger partial charge < -0.3 is 20.3 Å². The zero-order chi connectivity index (χ0) is 17.1. The first-order valence-electron chi connectivity index (χ1n) is 8.03. The molecule has 6 heteroatoms. The molecule has 128 valence electrons. The van der Waals surface area contributed by atoms with Gasteiger partial charge in [-0.15, -0.1) is 0 Å². The molecule has 0 aromatic rings. The second kappa shape index (κ2) is 7.31. The van der Waals surface area contributed by atoms with Crippen molar-refractivity contribution >= 4 is 12.0 Å². The first-order valence-corrected chi connectivity index (χ1v) is 8.03. The van der Waals surface area contributed by atoms with Crippen molar-refractivity contribution in [3.63, 3.8) is 0 Å². The Hall–Kier alpha value is -1.30. The van der Waals surface area contributed by atoms with Gasteiger partial charge in [-0.3, -0.25) is 4.79 Å². The first kappa shape index (κ1) is 18.7. The summed E-state index contributed by atoms with van der Waals surface area (Å²) in [5.74, 6) is 0.142. The van der Waals surface area contributed by atoms with Crippen molar-refractivity contribution in [1.82, 2.24) is 9.80 Å². The van der Waals surface area contributed by atoms with Crippen LogP contribution in [0.3, 0.4) is 0 Å². The molecule has 22 heavy (non-hydrogen) atoms. The summed E-state index contributed by atoms with van der Waals surface area (Å²) in [5, 5.41) is 0. The van der Waals surface area contributed by atoms with Crippen LogP contribution in [0.15, 0.2) is 0 Å². The molecular formula is C16H31N3O3. The Balaban J connectivity index is 2.51. The van der Waals surface area contributed by atoms with Gasteiger partial charge in [-0.2, -0.15) is 0 Å². The zero-order valence-electron chi connectivity index (χ0n) is 14.8. The fraction of sp³-hybridized carbons (Fsp3) is 0.875. The van der Waals surface area contributed by atoms with E-state index in [2.05, 4.69) is 0 Å². The number of rotatable bonds is 3. The fourth-order valence-corrected chi connectivity index (χ4v) is 2.45. The number of likely N-dealkylation sites (tertiary alicyclic amines) is 1. The van der Waals surface area contributed by atoms with Gasteiger partial charge in [0.1, 0.15) is 5.60 Å². The lowest BCUT2D eigenvalue weighted by Crippen LogP contribution is -2.52. The monoisotopic (exact) mass is 313 g/mol. The molecule has 0 spiro atoms. The molecular weight excluding hydrogens is 282 g/mol. The lowest BCUT2D eigenvalue weighted by molar-refractivity contribution is -0.135. The Morgan fingerprint density at radius 1 is 1.23 bits per heavy atom. The van der Waals surface area contributed by atoms with Gasteiger partial charge in [0.15, 0.2) is 0 Å². The summed E-state index contributed by atoms with van der Waals surface area (Å²) in [7, 11) is 1.76. The SMILES string of the molecule is CC(C)[C@H](N)C(=O)N1CCC(N(C)C(=O)OC(C)(C)C)CC1. The molecule has 1 heterocycles. The number of nitrogens with two attached hydrogens (primary N) is 1. The van der Waals surface area contributed by atoms with E-state index in [1.807, 2.05) is 39.5 Å². The molecule has 1 saturated heterocycles. The molecule has 1 aliphatic heterocycles. The van der Waals surface area contributed by atoms with Crippen molar-refractivity contribution in [1.29, 1.82) is 0 Å². The highest BCUT2D eigenvalue weighted by Gasteiger charge is 2.31.